The van der Waals surface area contributed by atoms with Gasteiger partial charge in [0.05, 0.1) is 15.8 Å². The number of allylic oxidation sites excluding steroid dienone is 4. The molecule has 0 spiro atoms. The Morgan fingerprint density at radius 1 is 1.21 bits per heavy atom. The summed E-state index contributed by atoms with van der Waals surface area (Å²) in [5, 5.41) is 8.97. The number of rotatable bonds is 2. The van der Waals surface area contributed by atoms with Gasteiger partial charge in [0.25, 0.3) is 0 Å². The van der Waals surface area contributed by atoms with Gasteiger partial charge in [-0.05, 0) is 13.8 Å². The van der Waals surface area contributed by atoms with Crippen LogP contribution >= 0.6 is 23.2 Å². The van der Waals surface area contributed by atoms with Crippen molar-refractivity contribution >= 4 is 29.0 Å². The molecule has 0 aromatic rings. The Kier molecular flexibility index (Phi) is 15.3. The summed E-state index contributed by atoms with van der Waals surface area (Å²) in [4.78, 5) is 10.0. The molecule has 0 aliphatic carbocycles. The van der Waals surface area contributed by atoms with E-state index >= 15 is 0 Å². The van der Waals surface area contributed by atoms with E-state index in [1.54, 1.807) is 0 Å². The zero-order valence-corrected chi connectivity index (χ0v) is 11.1. The van der Waals surface area contributed by atoms with Gasteiger partial charge in [-0.1, -0.05) is 36.4 Å². The Hall–Kier alpha value is -0.107. The largest absolute Gasteiger partial charge is 0.512 e. The summed E-state index contributed by atoms with van der Waals surface area (Å²) in [5.41, 5.74) is 0. The number of carbonyl (C=O) groups excluding carboxylic acids is 1. The minimum absolute atomic E-state index is 0. The van der Waals surface area contributed by atoms with Gasteiger partial charge in [0.15, 0.2) is 5.78 Å². The van der Waals surface area contributed by atoms with Crippen LogP contribution in [0, 0.1) is 0 Å². The number of carbonyl (C=O) groups is 1. The molecule has 0 saturated carbocycles. The summed E-state index contributed by atoms with van der Waals surface area (Å²) in [6.45, 7) is 9.43. The van der Waals surface area contributed by atoms with Crippen LogP contribution in [0.15, 0.2) is 35.1 Å². The molecular weight excluding hydrogens is 314 g/mol. The monoisotopic (exact) mass is 325 g/mol. The minimum atomic E-state index is -0.125. The van der Waals surface area contributed by atoms with E-state index in [2.05, 4.69) is 13.2 Å². The van der Waals surface area contributed by atoms with Crippen LogP contribution in [-0.2, 0) is 24.3 Å². The van der Waals surface area contributed by atoms with Gasteiger partial charge >= 0.3 is 0 Å². The van der Waals surface area contributed by atoms with Gasteiger partial charge in [0, 0.05) is 25.6 Å². The van der Waals surface area contributed by atoms with Crippen molar-refractivity contribution in [1.82, 2.24) is 0 Å². The Balaban J connectivity index is -0.000000163. The molecule has 0 aromatic carbocycles. The second-order valence-corrected chi connectivity index (χ2v) is 3.12. The van der Waals surface area contributed by atoms with E-state index < -0.39 is 0 Å². The van der Waals surface area contributed by atoms with Gasteiger partial charge in [0.2, 0.25) is 0 Å². The fourth-order valence-corrected chi connectivity index (χ4v) is 0.294. The molecule has 5 heteroatoms. The van der Waals surface area contributed by atoms with Crippen LogP contribution in [0.25, 0.3) is 0 Å². The van der Waals surface area contributed by atoms with Crippen molar-refractivity contribution in [3.63, 3.8) is 0 Å². The summed E-state index contributed by atoms with van der Waals surface area (Å²) in [5.74, 6) is -0.0625. The number of halogens is 2. The molecule has 1 radical (unpaired) electrons. The van der Waals surface area contributed by atoms with Gasteiger partial charge in [-0.25, -0.2) is 0 Å². The number of hydrogen-bond donors (Lipinski definition) is 1. The quantitative estimate of drug-likeness (QED) is 0.365. The Bertz CT molecular complexity index is 231. The minimum Gasteiger partial charge on any atom is -0.512 e. The Morgan fingerprint density at radius 3 is 1.50 bits per heavy atom. The van der Waals surface area contributed by atoms with Crippen molar-refractivity contribution < 1.29 is 29.4 Å². The van der Waals surface area contributed by atoms with Crippen molar-refractivity contribution in [1.29, 1.82) is 0 Å². The average Bonchev–Trinajstić information content (AvgIpc) is 1.84. The first-order valence-electron chi connectivity index (χ1n) is 3.34. The molecule has 14 heavy (non-hydrogen) atoms. The van der Waals surface area contributed by atoms with Gasteiger partial charge in [0.1, 0.15) is 0 Å². The summed E-state index contributed by atoms with van der Waals surface area (Å²) in [6, 6.07) is 0. The molecule has 0 aliphatic heterocycles. The summed E-state index contributed by atoms with van der Waals surface area (Å²) < 4.78 is 0. The zero-order chi connectivity index (χ0) is 11.0. The fourth-order valence-electron chi connectivity index (χ4n) is 0.294. The maximum atomic E-state index is 10.0. The van der Waals surface area contributed by atoms with Crippen molar-refractivity contribution in [2.24, 2.45) is 0 Å². The molecule has 0 amide bonds. The zero-order valence-electron chi connectivity index (χ0n) is 7.94. The van der Waals surface area contributed by atoms with E-state index in [1.165, 1.54) is 19.9 Å². The molecule has 83 valence electrons. The van der Waals surface area contributed by atoms with E-state index in [0.717, 1.165) is 0 Å². The first-order valence-corrected chi connectivity index (χ1v) is 4.10. The molecule has 0 unspecified atom stereocenters. The van der Waals surface area contributed by atoms with Crippen LogP contribution in [-0.4, -0.2) is 10.9 Å². The number of ketones is 1. The third-order valence-electron chi connectivity index (χ3n) is 0.706. The summed E-state index contributed by atoms with van der Waals surface area (Å²) >= 11 is 10.4. The van der Waals surface area contributed by atoms with Crippen LogP contribution < -0.4 is 0 Å². The second kappa shape index (κ2) is 11.0. The second-order valence-electron chi connectivity index (χ2n) is 2.21. The topological polar surface area (TPSA) is 37.3 Å². The van der Waals surface area contributed by atoms with Gasteiger partial charge in [-0.15, -0.1) is 0 Å². The van der Waals surface area contributed by atoms with Crippen molar-refractivity contribution in [2.45, 2.75) is 13.8 Å². The molecule has 0 rings (SSSR count). The molecule has 0 atom stereocenters. The standard InChI is InChI=1S/C5H8O2.C4H4Cl2.Rh/c1-4(6)3-5(2)7;1-3(5)4(2)6;/h3,6H,1-2H3;1-2H2;/b4-3-;;. The first kappa shape index (κ1) is 19.5. The van der Waals surface area contributed by atoms with E-state index in [4.69, 9.17) is 28.3 Å². The fraction of sp³-hybridized carbons (Fsp3) is 0.222. The molecule has 0 aromatic heterocycles. The number of aliphatic hydroxyl groups excluding tert-OH is 1. The average molecular weight is 326 g/mol. The summed E-state index contributed by atoms with van der Waals surface area (Å²) in [7, 11) is 0. The predicted molar refractivity (Wildman–Crippen MR) is 57.1 cm³/mol. The Morgan fingerprint density at radius 2 is 1.50 bits per heavy atom. The maximum Gasteiger partial charge on any atom is 0.155 e. The molecule has 1 N–H and O–H groups in total. The van der Waals surface area contributed by atoms with Crippen molar-refractivity contribution in [2.75, 3.05) is 0 Å². The third-order valence-corrected chi connectivity index (χ3v) is 1.26. The maximum absolute atomic E-state index is 10.0. The number of aliphatic hydroxyl groups is 1. The van der Waals surface area contributed by atoms with E-state index in [-0.39, 0.29) is 31.0 Å². The van der Waals surface area contributed by atoms with Crippen LogP contribution in [0.3, 0.4) is 0 Å². The molecule has 0 saturated heterocycles. The van der Waals surface area contributed by atoms with Crippen LogP contribution in [0.4, 0.5) is 0 Å². The normalized spacial score (nSPS) is 9.00. The summed E-state index contributed by atoms with van der Waals surface area (Å²) in [6.07, 6.45) is 1.17. The predicted octanol–water partition coefficient (Wildman–Crippen LogP) is 3.53. The van der Waals surface area contributed by atoms with Crippen LogP contribution in [0.2, 0.25) is 0 Å². The SMILES string of the molecule is C=C(Cl)C(=C)Cl.CC(=O)/C=C(/C)O.[Rh]. The smallest absolute Gasteiger partial charge is 0.155 e. The van der Waals surface area contributed by atoms with Gasteiger partial charge in [-0.2, -0.15) is 0 Å². The van der Waals surface area contributed by atoms with E-state index in [1.807, 2.05) is 0 Å². The molecule has 0 aliphatic rings. The first-order chi connectivity index (χ1) is 5.77. The van der Waals surface area contributed by atoms with Gasteiger partial charge in [-0.3, -0.25) is 4.79 Å². The molecule has 0 bridgehead atoms. The van der Waals surface area contributed by atoms with Crippen LogP contribution in [0.5, 0.6) is 0 Å². The van der Waals surface area contributed by atoms with Crippen molar-refractivity contribution in [3.05, 3.63) is 35.1 Å². The molecule has 0 fully saturated rings. The third kappa shape index (κ3) is 22.7. The van der Waals surface area contributed by atoms with E-state index in [9.17, 15) is 4.79 Å². The Labute approximate surface area is 107 Å². The molecule has 2 nitrogen and oxygen atoms in total. The molecular formula is C9H12Cl2O2Rh. The van der Waals surface area contributed by atoms with Crippen molar-refractivity contribution in [3.8, 4) is 0 Å². The van der Waals surface area contributed by atoms with E-state index in [0.29, 0.717) is 10.1 Å². The molecule has 0 heterocycles. The number of hydrogen-bond acceptors (Lipinski definition) is 2. The van der Waals surface area contributed by atoms with Crippen LogP contribution in [0.1, 0.15) is 13.8 Å². The van der Waals surface area contributed by atoms with Gasteiger partial charge < -0.3 is 5.11 Å².